The molecule has 0 saturated heterocycles. The highest BCUT2D eigenvalue weighted by molar-refractivity contribution is 9.10. The molecular weight excluding hydrogens is 372 g/mol. The molecule has 3 aromatic rings. The summed E-state index contributed by atoms with van der Waals surface area (Å²) in [5.41, 5.74) is 3.17. The Morgan fingerprint density at radius 1 is 0.957 bits per heavy atom. The van der Waals surface area contributed by atoms with Gasteiger partial charge >= 0.3 is 0 Å². The number of fused-ring (bicyclic) bond motifs is 1. The van der Waals surface area contributed by atoms with Crippen molar-refractivity contribution in [3.05, 3.63) is 64.6 Å². The second-order valence-corrected chi connectivity index (χ2v) is 7.46. The van der Waals surface area contributed by atoms with Gasteiger partial charge in [-0.15, -0.1) is 10.2 Å². The Labute approximate surface area is 146 Å². The minimum atomic E-state index is 0.233. The molecule has 4 nitrogen and oxygen atoms in total. The maximum absolute atomic E-state index is 4.83. The average molecular weight is 385 g/mol. The van der Waals surface area contributed by atoms with E-state index in [0.717, 1.165) is 32.3 Å². The Hall–Kier alpha value is -1.92. The fraction of sp³-hybridized carbons (Fsp3) is 0.118. The number of rotatable bonds is 2. The van der Waals surface area contributed by atoms with Gasteiger partial charge in [-0.05, 0) is 24.6 Å². The van der Waals surface area contributed by atoms with Crippen LogP contribution in [0.25, 0.3) is 11.4 Å². The summed E-state index contributed by atoms with van der Waals surface area (Å²) in [6.45, 7) is 2.14. The summed E-state index contributed by atoms with van der Waals surface area (Å²) in [7, 11) is 0. The van der Waals surface area contributed by atoms with Crippen LogP contribution in [-0.4, -0.2) is 25.8 Å². The van der Waals surface area contributed by atoms with E-state index in [9.17, 15) is 0 Å². The summed E-state index contributed by atoms with van der Waals surface area (Å²) in [5.74, 6) is 0.773. The zero-order valence-electron chi connectivity index (χ0n) is 12.3. The van der Waals surface area contributed by atoms with Crippen LogP contribution in [0.1, 0.15) is 12.5 Å². The molecule has 0 aliphatic carbocycles. The SMILES string of the molecule is C[C@H]1Sc2nnc(-c3ccccc3)n2N=C1c1ccc(Br)cc1. The van der Waals surface area contributed by atoms with Crippen molar-refractivity contribution >= 4 is 33.4 Å². The van der Waals surface area contributed by atoms with E-state index in [2.05, 4.69) is 45.2 Å². The largest absolute Gasteiger partial charge is 0.213 e. The van der Waals surface area contributed by atoms with Crippen molar-refractivity contribution in [2.24, 2.45) is 5.10 Å². The molecule has 1 aliphatic heterocycles. The summed E-state index contributed by atoms with van der Waals surface area (Å²) < 4.78 is 2.91. The highest BCUT2D eigenvalue weighted by atomic mass is 79.9. The molecule has 0 fully saturated rings. The molecule has 4 rings (SSSR count). The summed E-state index contributed by atoms with van der Waals surface area (Å²) in [5, 5.41) is 14.5. The predicted octanol–water partition coefficient (Wildman–Crippen LogP) is 4.45. The Morgan fingerprint density at radius 2 is 1.70 bits per heavy atom. The number of thioether (sulfide) groups is 1. The van der Waals surface area contributed by atoms with E-state index in [1.54, 1.807) is 11.8 Å². The normalized spacial score (nSPS) is 16.8. The van der Waals surface area contributed by atoms with Crippen molar-refractivity contribution in [3.8, 4) is 11.4 Å². The number of halogens is 1. The summed E-state index contributed by atoms with van der Waals surface area (Å²) in [6, 6.07) is 18.3. The van der Waals surface area contributed by atoms with Crippen molar-refractivity contribution in [1.82, 2.24) is 14.9 Å². The third kappa shape index (κ3) is 2.72. The van der Waals surface area contributed by atoms with Gasteiger partial charge in [0.15, 0.2) is 5.82 Å². The molecule has 6 heteroatoms. The van der Waals surface area contributed by atoms with Gasteiger partial charge in [-0.3, -0.25) is 0 Å². The first kappa shape index (κ1) is 14.7. The molecule has 114 valence electrons. The van der Waals surface area contributed by atoms with Gasteiger partial charge in [0.1, 0.15) is 0 Å². The molecular formula is C17H13BrN4S. The van der Waals surface area contributed by atoms with Gasteiger partial charge in [0, 0.05) is 10.0 Å². The summed E-state index contributed by atoms with van der Waals surface area (Å²) >= 11 is 5.16. The van der Waals surface area contributed by atoms with E-state index in [-0.39, 0.29) is 5.25 Å². The van der Waals surface area contributed by atoms with Gasteiger partial charge in [0.05, 0.1) is 11.0 Å². The quantitative estimate of drug-likeness (QED) is 0.655. The third-order valence-corrected chi connectivity index (χ3v) is 5.23. The second kappa shape index (κ2) is 5.94. The zero-order valence-corrected chi connectivity index (χ0v) is 14.8. The van der Waals surface area contributed by atoms with Crippen LogP contribution in [0.5, 0.6) is 0 Å². The van der Waals surface area contributed by atoms with Crippen molar-refractivity contribution in [3.63, 3.8) is 0 Å². The molecule has 0 amide bonds. The number of aromatic nitrogens is 3. The van der Waals surface area contributed by atoms with Crippen LogP contribution in [0, 0.1) is 0 Å². The molecule has 0 N–H and O–H groups in total. The standard InChI is InChI=1S/C17H13BrN4S/c1-11-15(12-7-9-14(18)10-8-12)21-22-16(19-20-17(22)23-11)13-5-3-2-4-6-13/h2-11H,1H3/t11-/m1/s1. The van der Waals surface area contributed by atoms with Gasteiger partial charge in [0.25, 0.3) is 0 Å². The molecule has 0 bridgehead atoms. The lowest BCUT2D eigenvalue weighted by molar-refractivity contribution is 0.754. The molecule has 1 aromatic heterocycles. The first-order valence-corrected chi connectivity index (χ1v) is 8.92. The lowest BCUT2D eigenvalue weighted by Gasteiger charge is -2.20. The lowest BCUT2D eigenvalue weighted by atomic mass is 10.1. The van der Waals surface area contributed by atoms with Crippen LogP contribution in [0.15, 0.2) is 69.3 Å². The van der Waals surface area contributed by atoms with Gasteiger partial charge in [-0.25, -0.2) is 0 Å². The van der Waals surface area contributed by atoms with Crippen molar-refractivity contribution in [2.45, 2.75) is 17.3 Å². The average Bonchev–Trinajstić information content (AvgIpc) is 2.98. The fourth-order valence-electron chi connectivity index (χ4n) is 2.51. The number of hydrogen-bond acceptors (Lipinski definition) is 4. The topological polar surface area (TPSA) is 43.1 Å². The molecule has 23 heavy (non-hydrogen) atoms. The molecule has 0 radical (unpaired) electrons. The van der Waals surface area contributed by atoms with Gasteiger partial charge < -0.3 is 0 Å². The monoisotopic (exact) mass is 384 g/mol. The highest BCUT2D eigenvalue weighted by Gasteiger charge is 2.26. The minimum absolute atomic E-state index is 0.233. The van der Waals surface area contributed by atoms with E-state index < -0.39 is 0 Å². The molecule has 2 aromatic carbocycles. The fourth-order valence-corrected chi connectivity index (χ4v) is 3.70. The summed E-state index contributed by atoms with van der Waals surface area (Å²) in [4.78, 5) is 0. The Morgan fingerprint density at radius 3 is 2.43 bits per heavy atom. The lowest BCUT2D eigenvalue weighted by Crippen LogP contribution is -2.21. The zero-order chi connectivity index (χ0) is 15.8. The van der Waals surface area contributed by atoms with Gasteiger partial charge in [-0.1, -0.05) is 70.2 Å². The highest BCUT2D eigenvalue weighted by Crippen LogP contribution is 2.32. The smallest absolute Gasteiger partial charge is 0.187 e. The Kier molecular flexibility index (Phi) is 3.79. The number of nitrogens with zero attached hydrogens (tertiary/aromatic N) is 4. The van der Waals surface area contributed by atoms with Crippen LogP contribution in [0.2, 0.25) is 0 Å². The third-order valence-electron chi connectivity index (χ3n) is 3.66. The van der Waals surface area contributed by atoms with E-state index in [4.69, 9.17) is 5.10 Å². The molecule has 0 saturated carbocycles. The van der Waals surface area contributed by atoms with E-state index in [0.29, 0.717) is 0 Å². The Balaban J connectivity index is 1.83. The van der Waals surface area contributed by atoms with E-state index in [1.165, 1.54) is 0 Å². The van der Waals surface area contributed by atoms with Crippen LogP contribution in [-0.2, 0) is 0 Å². The second-order valence-electron chi connectivity index (χ2n) is 5.24. The molecule has 1 atom stereocenters. The molecule has 0 spiro atoms. The van der Waals surface area contributed by atoms with Crippen LogP contribution in [0.4, 0.5) is 0 Å². The first-order valence-electron chi connectivity index (χ1n) is 7.24. The van der Waals surface area contributed by atoms with Crippen LogP contribution < -0.4 is 0 Å². The van der Waals surface area contributed by atoms with Gasteiger partial charge in [-0.2, -0.15) is 9.78 Å². The molecule has 1 aliphatic rings. The Bertz CT molecular complexity index is 871. The maximum atomic E-state index is 4.83. The van der Waals surface area contributed by atoms with Gasteiger partial charge in [0.2, 0.25) is 5.16 Å². The first-order chi connectivity index (χ1) is 11.2. The minimum Gasteiger partial charge on any atom is -0.187 e. The van der Waals surface area contributed by atoms with E-state index in [1.807, 2.05) is 47.1 Å². The number of hydrogen-bond donors (Lipinski definition) is 0. The van der Waals surface area contributed by atoms with E-state index >= 15 is 0 Å². The molecule has 0 unspecified atom stereocenters. The van der Waals surface area contributed by atoms with Crippen molar-refractivity contribution in [2.75, 3.05) is 0 Å². The van der Waals surface area contributed by atoms with Crippen molar-refractivity contribution < 1.29 is 0 Å². The number of benzene rings is 2. The van der Waals surface area contributed by atoms with Crippen LogP contribution >= 0.6 is 27.7 Å². The maximum Gasteiger partial charge on any atom is 0.213 e. The predicted molar refractivity (Wildman–Crippen MR) is 96.9 cm³/mol. The summed E-state index contributed by atoms with van der Waals surface area (Å²) in [6.07, 6.45) is 0. The van der Waals surface area contributed by atoms with Crippen LogP contribution in [0.3, 0.4) is 0 Å². The van der Waals surface area contributed by atoms with Crippen molar-refractivity contribution in [1.29, 1.82) is 0 Å². The molecule has 2 heterocycles.